The van der Waals surface area contributed by atoms with Gasteiger partial charge in [-0.25, -0.2) is 0 Å². The van der Waals surface area contributed by atoms with Crippen LogP contribution in [-0.4, -0.2) is 40.4 Å². The third kappa shape index (κ3) is 86.9. The molecule has 0 heterocycles. The van der Waals surface area contributed by atoms with Crippen LogP contribution >= 0.6 is 0 Å². The fourth-order valence-electron chi connectivity index (χ4n) is 8.10. The van der Waals surface area contributed by atoms with Crippen LogP contribution in [0, 0.1) is 0 Å². The summed E-state index contributed by atoms with van der Waals surface area (Å²) in [7, 11) is 0. The van der Waals surface area contributed by atoms with Crippen molar-refractivity contribution in [2.24, 2.45) is 0 Å². The van der Waals surface area contributed by atoms with E-state index in [0.29, 0.717) is 0 Å². The van der Waals surface area contributed by atoms with Crippen LogP contribution in [0.1, 0.15) is 349 Å². The number of hydrogen-bond donors (Lipinski definition) is 0. The second-order valence-electron chi connectivity index (χ2n) is 19.3. The summed E-state index contributed by atoms with van der Waals surface area (Å²) in [5.41, 5.74) is 0. The molecule has 0 spiro atoms. The van der Waals surface area contributed by atoms with Crippen molar-refractivity contribution in [2.45, 2.75) is 353 Å². The Morgan fingerprint density at radius 1 is 0.231 bits per heavy atom. The molecule has 0 N–H and O–H groups in total. The zero-order valence-corrected chi connectivity index (χ0v) is 47.4. The summed E-state index contributed by atoms with van der Waals surface area (Å²) < 4.78 is 1.43. The van der Waals surface area contributed by atoms with Gasteiger partial charge in [-0.1, -0.05) is 290 Å². The Labute approximate surface area is 421 Å². The molecular weight excluding hydrogens is 911 g/mol. The molecule has 6 nitrogen and oxygen atoms in total. The van der Waals surface area contributed by atoms with Gasteiger partial charge in [0.05, 0.1) is 0 Å². The zero-order valence-electron chi connectivity index (χ0n) is 44.5. The van der Waals surface area contributed by atoms with Crippen LogP contribution in [0.15, 0.2) is 0 Å². The van der Waals surface area contributed by atoms with Gasteiger partial charge in [0.1, 0.15) is 0 Å². The molecule has 0 rings (SSSR count). The van der Waals surface area contributed by atoms with Crippen LogP contribution < -0.4 is 15.3 Å². The molecule has 0 radical (unpaired) electrons. The van der Waals surface area contributed by atoms with Gasteiger partial charge in [-0.15, -0.1) is 0 Å². The van der Waals surface area contributed by atoms with Gasteiger partial charge in [0.25, 0.3) is 0 Å². The molecule has 0 unspecified atom stereocenters. The van der Waals surface area contributed by atoms with Crippen molar-refractivity contribution >= 4 is 40.4 Å². The first-order chi connectivity index (χ1) is 31.7. The van der Waals surface area contributed by atoms with Gasteiger partial charge in [0, 0.05) is 17.9 Å². The van der Waals surface area contributed by atoms with Crippen molar-refractivity contribution < 1.29 is 29.7 Å². The summed E-state index contributed by atoms with van der Waals surface area (Å²) in [5.74, 6) is -2.71. The van der Waals surface area contributed by atoms with E-state index in [1.165, 1.54) is 268 Å². The van der Waals surface area contributed by atoms with E-state index >= 15 is 0 Å². The molecule has 0 saturated carbocycles. The maximum absolute atomic E-state index is 10.2. The van der Waals surface area contributed by atoms with Gasteiger partial charge in [-0.2, -0.15) is 0 Å². The van der Waals surface area contributed by atoms with E-state index in [1.807, 2.05) is 0 Å². The predicted molar refractivity (Wildman–Crippen MR) is 279 cm³/mol. The van der Waals surface area contributed by atoms with Gasteiger partial charge in [-0.05, 0) is 38.5 Å². The normalized spacial score (nSPS) is 10.7. The summed E-state index contributed by atoms with van der Waals surface area (Å²) in [6.45, 7) is 9.03. The van der Waals surface area contributed by atoms with E-state index in [9.17, 15) is 29.7 Å². The molecular formula is C58H114O6Sn. The Morgan fingerprint density at radius 2 is 0.354 bits per heavy atom. The summed E-state index contributed by atoms with van der Waals surface area (Å²) in [6.07, 6.45) is 62.4. The third-order valence-corrected chi connectivity index (χ3v) is 13.5. The number of rotatable bonds is 50. The molecule has 386 valence electrons. The summed E-state index contributed by atoms with van der Waals surface area (Å²) >= 11 is 1.68. The molecule has 0 aliphatic heterocycles. The van der Waals surface area contributed by atoms with Crippen LogP contribution in [0.5, 0.6) is 0 Å². The SMILES string of the molecule is CCCCCCCCCCCCCCCCCC(=O)[O-].CCCCCCCCCCCCCCCCCC(=O)[O-].CCCCCCCCCCCCCCCCCC(=O)[O-].CCC[CH2][Sn+3]. The molecule has 0 fully saturated rings. The average molecular weight is 1030 g/mol. The summed E-state index contributed by atoms with van der Waals surface area (Å²) in [4.78, 5) is 30.7. The minimum atomic E-state index is -0.903. The standard InChI is InChI=1S/3C18H36O2.C4H9.Sn/c3*1-2-3-4-5-6-7-8-9-10-11-12-13-14-15-16-17-18(19)20;1-3-4-2;/h3*2-17H2,1H3,(H,19,20);1,3-4H2,2H3;/q;;;;+3/p-3. The van der Waals surface area contributed by atoms with Crippen LogP contribution in [-0.2, 0) is 14.4 Å². The first-order valence-electron chi connectivity index (χ1n) is 29.0. The number of unbranched alkanes of at least 4 members (excludes halogenated alkanes) is 43. The van der Waals surface area contributed by atoms with Crippen molar-refractivity contribution in [3.05, 3.63) is 0 Å². The second kappa shape index (κ2) is 69.8. The number of carboxylic acid groups (broad SMARTS) is 3. The van der Waals surface area contributed by atoms with Gasteiger partial charge in [-0.3, -0.25) is 0 Å². The van der Waals surface area contributed by atoms with Crippen LogP contribution in [0.25, 0.3) is 0 Å². The van der Waals surface area contributed by atoms with Crippen molar-refractivity contribution in [1.82, 2.24) is 0 Å². The molecule has 0 aromatic rings. The zero-order chi connectivity index (χ0) is 48.8. The van der Waals surface area contributed by atoms with Crippen LogP contribution in [0.2, 0.25) is 4.44 Å². The fraction of sp³-hybridized carbons (Fsp3) is 0.948. The van der Waals surface area contributed by atoms with Gasteiger partial charge in [0.2, 0.25) is 0 Å². The Bertz CT molecular complexity index is 761. The van der Waals surface area contributed by atoms with E-state index in [-0.39, 0.29) is 19.3 Å². The molecule has 0 aromatic carbocycles. The van der Waals surface area contributed by atoms with Gasteiger partial charge >= 0.3 is 46.7 Å². The summed E-state index contributed by atoms with van der Waals surface area (Å²) in [6, 6.07) is 0. The Kier molecular flexibility index (Phi) is 76.0. The maximum atomic E-state index is 10.2. The Balaban J connectivity index is -0.000000407. The van der Waals surface area contributed by atoms with Gasteiger partial charge < -0.3 is 29.7 Å². The second-order valence-corrected chi connectivity index (χ2v) is 20.7. The van der Waals surface area contributed by atoms with E-state index in [4.69, 9.17) is 0 Å². The molecule has 0 bridgehead atoms. The van der Waals surface area contributed by atoms with E-state index in [1.54, 1.807) is 22.5 Å². The molecule has 65 heavy (non-hydrogen) atoms. The van der Waals surface area contributed by atoms with Gasteiger partial charge in [0.15, 0.2) is 0 Å². The number of aliphatic carboxylic acids is 3. The Hall–Kier alpha value is -0.791. The fourth-order valence-corrected chi connectivity index (χ4v) is 9.11. The molecule has 0 atom stereocenters. The first kappa shape index (κ1) is 70.8. The van der Waals surface area contributed by atoms with Crippen molar-refractivity contribution in [2.75, 3.05) is 0 Å². The van der Waals surface area contributed by atoms with Crippen molar-refractivity contribution in [1.29, 1.82) is 0 Å². The predicted octanol–water partition coefficient (Wildman–Crippen LogP) is 16.4. The van der Waals surface area contributed by atoms with Crippen molar-refractivity contribution in [3.8, 4) is 0 Å². The number of hydrogen-bond acceptors (Lipinski definition) is 6. The summed E-state index contributed by atoms with van der Waals surface area (Å²) in [5, 5.41) is 30.7. The average Bonchev–Trinajstić information content (AvgIpc) is 3.28. The molecule has 0 saturated heterocycles. The molecule has 0 aliphatic rings. The van der Waals surface area contributed by atoms with E-state index in [0.717, 1.165) is 38.5 Å². The molecule has 0 aliphatic carbocycles. The topological polar surface area (TPSA) is 120 Å². The number of carbonyl (C=O) groups is 3. The molecule has 0 amide bonds. The minimum absolute atomic E-state index is 0.234. The van der Waals surface area contributed by atoms with E-state index in [2.05, 4.69) is 27.7 Å². The molecule has 7 heteroatoms. The van der Waals surface area contributed by atoms with Crippen molar-refractivity contribution in [3.63, 3.8) is 0 Å². The molecule has 0 aromatic heterocycles. The Morgan fingerprint density at radius 3 is 0.446 bits per heavy atom. The van der Waals surface area contributed by atoms with E-state index < -0.39 is 17.9 Å². The number of carboxylic acids is 3. The monoisotopic (exact) mass is 1030 g/mol. The van der Waals surface area contributed by atoms with Crippen LogP contribution in [0.4, 0.5) is 0 Å². The first-order valence-corrected chi connectivity index (χ1v) is 31.0. The quantitative estimate of drug-likeness (QED) is 0.0442. The van der Waals surface area contributed by atoms with Crippen LogP contribution in [0.3, 0.4) is 0 Å². The third-order valence-electron chi connectivity index (χ3n) is 12.5. The number of carbonyl (C=O) groups excluding carboxylic acids is 3.